The van der Waals surface area contributed by atoms with Crippen molar-refractivity contribution in [1.82, 2.24) is 14.9 Å². The number of ether oxygens (including phenoxy) is 1. The quantitative estimate of drug-likeness (QED) is 0.858. The summed E-state index contributed by atoms with van der Waals surface area (Å²) in [5.74, 6) is 1.28. The van der Waals surface area contributed by atoms with Crippen LogP contribution in [0, 0.1) is 12.8 Å². The number of likely N-dealkylation sites (tertiary alicyclic amines) is 1. The fraction of sp³-hybridized carbons (Fsp3) is 0.500. The number of carbonyl (C=O) groups is 1. The first-order valence-corrected chi connectivity index (χ1v) is 9.30. The van der Waals surface area contributed by atoms with Gasteiger partial charge in [0.25, 0.3) is 0 Å². The molecule has 1 amide bonds. The number of rotatable bonds is 6. The molecule has 3 heterocycles. The average molecular weight is 360 g/mol. The number of hydrogen-bond donors (Lipinski definition) is 1. The van der Waals surface area contributed by atoms with E-state index < -0.39 is 0 Å². The fourth-order valence-corrected chi connectivity index (χ4v) is 4.14. The number of thiazole rings is 1. The number of pyridine rings is 1. The number of methoxy groups -OCH3 is 1. The summed E-state index contributed by atoms with van der Waals surface area (Å²) >= 11 is 1.55. The van der Waals surface area contributed by atoms with Crippen LogP contribution < -0.4 is 10.1 Å². The molecule has 1 saturated heterocycles. The summed E-state index contributed by atoms with van der Waals surface area (Å²) in [4.78, 5) is 23.4. The summed E-state index contributed by atoms with van der Waals surface area (Å²) in [7, 11) is 1.68. The van der Waals surface area contributed by atoms with Gasteiger partial charge in [-0.05, 0) is 38.3 Å². The first-order chi connectivity index (χ1) is 12.0. The minimum absolute atomic E-state index is 0.0807. The highest BCUT2D eigenvalue weighted by Gasteiger charge is 2.24. The van der Waals surface area contributed by atoms with Gasteiger partial charge in [0.2, 0.25) is 11.8 Å². The third-order valence-corrected chi connectivity index (χ3v) is 5.26. The second-order valence-corrected chi connectivity index (χ2v) is 7.64. The lowest BCUT2D eigenvalue weighted by atomic mass is 9.99. The lowest BCUT2D eigenvalue weighted by Gasteiger charge is -2.15. The van der Waals surface area contributed by atoms with Crippen LogP contribution in [0.15, 0.2) is 18.3 Å². The summed E-state index contributed by atoms with van der Waals surface area (Å²) in [6.07, 6.45) is 4.03. The number of aromatic nitrogens is 2. The topological polar surface area (TPSA) is 67.3 Å². The number of amides is 1. The van der Waals surface area contributed by atoms with Crippen LogP contribution >= 0.6 is 11.3 Å². The Bertz CT molecular complexity index is 746. The molecule has 3 rings (SSSR count). The molecule has 0 spiro atoms. The SMILES string of the molecule is COc1nc(C)ccc1CC1CCN(Cc2cnc(NC(C)=O)s2)C1. The molecular weight excluding hydrogens is 336 g/mol. The Morgan fingerprint density at radius 2 is 2.32 bits per heavy atom. The lowest BCUT2D eigenvalue weighted by molar-refractivity contribution is -0.114. The molecule has 0 aliphatic carbocycles. The molecule has 134 valence electrons. The monoisotopic (exact) mass is 360 g/mol. The van der Waals surface area contributed by atoms with Gasteiger partial charge in [-0.15, -0.1) is 11.3 Å². The van der Waals surface area contributed by atoms with Gasteiger partial charge in [0.15, 0.2) is 5.13 Å². The van der Waals surface area contributed by atoms with Crippen LogP contribution in [0.4, 0.5) is 5.13 Å². The molecule has 7 heteroatoms. The molecular formula is C18H24N4O2S. The van der Waals surface area contributed by atoms with Crippen molar-refractivity contribution in [2.75, 3.05) is 25.5 Å². The first kappa shape index (κ1) is 17.8. The van der Waals surface area contributed by atoms with Crippen molar-refractivity contribution in [2.45, 2.75) is 33.2 Å². The molecule has 1 aliphatic rings. The second kappa shape index (κ2) is 7.93. The Hall–Kier alpha value is -1.99. The van der Waals surface area contributed by atoms with Gasteiger partial charge in [0.05, 0.1) is 7.11 Å². The van der Waals surface area contributed by atoms with Crippen molar-refractivity contribution in [3.05, 3.63) is 34.5 Å². The largest absolute Gasteiger partial charge is 0.481 e. The van der Waals surface area contributed by atoms with Gasteiger partial charge in [0.1, 0.15) is 0 Å². The third-order valence-electron chi connectivity index (χ3n) is 4.37. The Morgan fingerprint density at radius 1 is 1.48 bits per heavy atom. The minimum atomic E-state index is -0.0807. The summed E-state index contributed by atoms with van der Waals surface area (Å²) < 4.78 is 5.43. The van der Waals surface area contributed by atoms with E-state index in [-0.39, 0.29) is 5.91 Å². The predicted octanol–water partition coefficient (Wildman–Crippen LogP) is 2.88. The Morgan fingerprint density at radius 3 is 3.08 bits per heavy atom. The van der Waals surface area contributed by atoms with Crippen molar-refractivity contribution in [3.8, 4) is 5.88 Å². The van der Waals surface area contributed by atoms with Crippen molar-refractivity contribution in [2.24, 2.45) is 5.92 Å². The van der Waals surface area contributed by atoms with Crippen molar-refractivity contribution < 1.29 is 9.53 Å². The molecule has 1 N–H and O–H groups in total. The Labute approximate surface area is 152 Å². The molecule has 0 saturated carbocycles. The smallest absolute Gasteiger partial charge is 0.223 e. The summed E-state index contributed by atoms with van der Waals surface area (Å²) in [6, 6.07) is 4.18. The molecule has 2 aromatic heterocycles. The number of hydrogen-bond acceptors (Lipinski definition) is 6. The first-order valence-electron chi connectivity index (χ1n) is 8.48. The predicted molar refractivity (Wildman–Crippen MR) is 99.0 cm³/mol. The van der Waals surface area contributed by atoms with E-state index in [1.807, 2.05) is 19.2 Å². The van der Waals surface area contributed by atoms with Crippen LogP contribution in [-0.4, -0.2) is 41.0 Å². The molecule has 6 nitrogen and oxygen atoms in total. The standard InChI is InChI=1S/C18H24N4O2S/c1-12-4-5-15(17(20-12)24-3)8-14-6-7-22(10-14)11-16-9-19-18(25-16)21-13(2)23/h4-5,9,14H,6-8,10-11H2,1-3H3,(H,19,21,23). The Kier molecular flexibility index (Phi) is 5.65. The van der Waals surface area contributed by atoms with Gasteiger partial charge in [-0.25, -0.2) is 9.97 Å². The molecule has 1 unspecified atom stereocenters. The van der Waals surface area contributed by atoms with Gasteiger partial charge < -0.3 is 10.1 Å². The van der Waals surface area contributed by atoms with Gasteiger partial charge in [0, 0.05) is 42.3 Å². The number of carbonyl (C=O) groups excluding carboxylic acids is 1. The number of aryl methyl sites for hydroxylation is 1. The van der Waals surface area contributed by atoms with Crippen LogP contribution in [0.25, 0.3) is 0 Å². The molecule has 1 aliphatic heterocycles. The maximum atomic E-state index is 11.1. The van der Waals surface area contributed by atoms with E-state index in [1.165, 1.54) is 23.8 Å². The van der Waals surface area contributed by atoms with Crippen molar-refractivity contribution in [1.29, 1.82) is 0 Å². The van der Waals surface area contributed by atoms with E-state index in [9.17, 15) is 4.79 Å². The zero-order chi connectivity index (χ0) is 17.8. The molecule has 1 fully saturated rings. The van der Waals surface area contributed by atoms with Gasteiger partial charge >= 0.3 is 0 Å². The van der Waals surface area contributed by atoms with Crippen LogP contribution in [0.5, 0.6) is 5.88 Å². The molecule has 0 bridgehead atoms. The highest BCUT2D eigenvalue weighted by molar-refractivity contribution is 7.15. The summed E-state index contributed by atoms with van der Waals surface area (Å²) in [5.41, 5.74) is 2.17. The van der Waals surface area contributed by atoms with Crippen LogP contribution in [0.2, 0.25) is 0 Å². The number of nitrogens with one attached hydrogen (secondary N) is 1. The van der Waals surface area contributed by atoms with E-state index in [4.69, 9.17) is 4.74 Å². The summed E-state index contributed by atoms with van der Waals surface area (Å²) in [5, 5.41) is 3.41. The second-order valence-electron chi connectivity index (χ2n) is 6.53. The third kappa shape index (κ3) is 4.76. The van der Waals surface area contributed by atoms with Gasteiger partial charge in [-0.3, -0.25) is 9.69 Å². The Balaban J connectivity index is 1.55. The number of anilines is 1. The molecule has 1 atom stereocenters. The van der Waals surface area contributed by atoms with Crippen LogP contribution in [0.1, 0.15) is 29.5 Å². The van der Waals surface area contributed by atoms with Crippen molar-refractivity contribution >= 4 is 22.4 Å². The van der Waals surface area contributed by atoms with Crippen molar-refractivity contribution in [3.63, 3.8) is 0 Å². The molecule has 0 radical (unpaired) electrons. The van der Waals surface area contributed by atoms with Crippen LogP contribution in [-0.2, 0) is 17.8 Å². The highest BCUT2D eigenvalue weighted by Crippen LogP contribution is 2.27. The fourth-order valence-electron chi connectivity index (χ4n) is 3.24. The molecule has 0 aromatic carbocycles. The molecule has 25 heavy (non-hydrogen) atoms. The highest BCUT2D eigenvalue weighted by atomic mass is 32.1. The van der Waals surface area contributed by atoms with E-state index >= 15 is 0 Å². The zero-order valence-corrected chi connectivity index (χ0v) is 15.7. The van der Waals surface area contributed by atoms with E-state index in [0.717, 1.165) is 37.6 Å². The zero-order valence-electron chi connectivity index (χ0n) is 14.9. The average Bonchev–Trinajstić information content (AvgIpc) is 3.18. The maximum absolute atomic E-state index is 11.1. The maximum Gasteiger partial charge on any atom is 0.223 e. The van der Waals surface area contributed by atoms with Gasteiger partial charge in [-0.1, -0.05) is 6.07 Å². The van der Waals surface area contributed by atoms with E-state index in [2.05, 4.69) is 26.3 Å². The van der Waals surface area contributed by atoms with Gasteiger partial charge in [-0.2, -0.15) is 0 Å². The van der Waals surface area contributed by atoms with Crippen LogP contribution in [0.3, 0.4) is 0 Å². The minimum Gasteiger partial charge on any atom is -0.481 e. The van der Waals surface area contributed by atoms with E-state index in [0.29, 0.717) is 11.0 Å². The normalized spacial score (nSPS) is 17.6. The molecule has 2 aromatic rings. The summed E-state index contributed by atoms with van der Waals surface area (Å²) in [6.45, 7) is 6.51. The van der Waals surface area contributed by atoms with E-state index in [1.54, 1.807) is 18.4 Å². The lowest BCUT2D eigenvalue weighted by Crippen LogP contribution is -2.20. The number of nitrogens with zero attached hydrogens (tertiary/aromatic N) is 3.